The Hall–Kier alpha value is -4.46. The Balaban J connectivity index is 1.23. The third-order valence-electron chi connectivity index (χ3n) is 7.56. The summed E-state index contributed by atoms with van der Waals surface area (Å²) >= 11 is 0. The van der Waals surface area contributed by atoms with Crippen molar-refractivity contribution in [3.63, 3.8) is 0 Å². The molecular formula is C30H27FN4O3. The SMILES string of the molecule is C[C@H](NC(=O)[C@@H]1Cc2c([nH]c3ccccc23)[C@H]2c3ccccc3C(=O)N21)C(=O)NCCc1ccccc1F. The van der Waals surface area contributed by atoms with Crippen molar-refractivity contribution in [2.45, 2.75) is 37.9 Å². The number of rotatable bonds is 6. The van der Waals surface area contributed by atoms with Crippen molar-refractivity contribution in [3.05, 3.63) is 107 Å². The van der Waals surface area contributed by atoms with Crippen molar-refractivity contribution in [2.24, 2.45) is 0 Å². The highest BCUT2D eigenvalue weighted by Gasteiger charge is 2.49. The molecule has 7 nitrogen and oxygen atoms in total. The van der Waals surface area contributed by atoms with Crippen LogP contribution < -0.4 is 10.6 Å². The van der Waals surface area contributed by atoms with Crippen molar-refractivity contribution < 1.29 is 18.8 Å². The molecular weight excluding hydrogens is 483 g/mol. The van der Waals surface area contributed by atoms with Gasteiger partial charge in [-0.1, -0.05) is 54.6 Å². The molecule has 1 aromatic heterocycles. The van der Waals surface area contributed by atoms with Crippen LogP contribution in [0.3, 0.4) is 0 Å². The van der Waals surface area contributed by atoms with Gasteiger partial charge in [-0.15, -0.1) is 0 Å². The summed E-state index contributed by atoms with van der Waals surface area (Å²) in [5, 5.41) is 6.60. The molecule has 2 aliphatic rings. The number of benzene rings is 3. The third kappa shape index (κ3) is 3.93. The first-order chi connectivity index (χ1) is 18.4. The predicted octanol–water partition coefficient (Wildman–Crippen LogP) is 3.64. The zero-order valence-electron chi connectivity index (χ0n) is 20.8. The fraction of sp³-hybridized carbons (Fsp3) is 0.233. The molecule has 192 valence electrons. The van der Waals surface area contributed by atoms with E-state index in [9.17, 15) is 18.8 Å². The average molecular weight is 511 g/mol. The Bertz CT molecular complexity index is 1580. The van der Waals surface area contributed by atoms with Gasteiger partial charge >= 0.3 is 0 Å². The van der Waals surface area contributed by atoms with Crippen LogP contribution in [0.15, 0.2) is 72.8 Å². The number of amides is 3. The Morgan fingerprint density at radius 3 is 2.63 bits per heavy atom. The van der Waals surface area contributed by atoms with Crippen LogP contribution in [0.5, 0.6) is 0 Å². The number of H-pyrrole nitrogens is 1. The number of aromatic nitrogens is 1. The highest BCUT2D eigenvalue weighted by molar-refractivity contribution is 6.04. The van der Waals surface area contributed by atoms with E-state index < -0.39 is 18.1 Å². The molecule has 0 unspecified atom stereocenters. The third-order valence-corrected chi connectivity index (χ3v) is 7.56. The number of fused-ring (bicyclic) bond motifs is 7. The minimum atomic E-state index is -0.828. The number of nitrogens with zero attached hydrogens (tertiary/aromatic N) is 1. The van der Waals surface area contributed by atoms with Gasteiger partial charge in [0.25, 0.3) is 5.91 Å². The normalized spacial score (nSPS) is 18.5. The average Bonchev–Trinajstić information content (AvgIpc) is 3.44. The zero-order valence-corrected chi connectivity index (χ0v) is 20.8. The van der Waals surface area contributed by atoms with E-state index in [0.29, 0.717) is 24.0 Å². The molecule has 3 N–H and O–H groups in total. The van der Waals surface area contributed by atoms with Crippen molar-refractivity contribution in [2.75, 3.05) is 6.54 Å². The maximum Gasteiger partial charge on any atom is 0.255 e. The first-order valence-corrected chi connectivity index (χ1v) is 12.8. The van der Waals surface area contributed by atoms with E-state index in [1.54, 1.807) is 36.1 Å². The van der Waals surface area contributed by atoms with Gasteiger partial charge in [0, 0.05) is 35.1 Å². The topological polar surface area (TPSA) is 94.3 Å². The van der Waals surface area contributed by atoms with Gasteiger partial charge in [-0.3, -0.25) is 14.4 Å². The Morgan fingerprint density at radius 2 is 1.79 bits per heavy atom. The van der Waals surface area contributed by atoms with Crippen LogP contribution in [0.1, 0.15) is 45.7 Å². The molecule has 0 spiro atoms. The number of hydrogen-bond donors (Lipinski definition) is 3. The van der Waals surface area contributed by atoms with Crippen LogP contribution in [0.4, 0.5) is 4.39 Å². The number of carbonyl (C=O) groups excluding carboxylic acids is 3. The molecule has 38 heavy (non-hydrogen) atoms. The Morgan fingerprint density at radius 1 is 1.05 bits per heavy atom. The van der Waals surface area contributed by atoms with E-state index in [0.717, 1.165) is 27.7 Å². The van der Waals surface area contributed by atoms with Gasteiger partial charge < -0.3 is 20.5 Å². The second-order valence-electron chi connectivity index (χ2n) is 9.85. The maximum atomic E-state index is 13.9. The molecule has 3 atom stereocenters. The number of hydrogen-bond acceptors (Lipinski definition) is 3. The van der Waals surface area contributed by atoms with Gasteiger partial charge in [-0.25, -0.2) is 4.39 Å². The lowest BCUT2D eigenvalue weighted by Crippen LogP contribution is -2.56. The van der Waals surface area contributed by atoms with Crippen LogP contribution in [0.25, 0.3) is 10.9 Å². The molecule has 0 aliphatic carbocycles. The van der Waals surface area contributed by atoms with Gasteiger partial charge in [-0.2, -0.15) is 0 Å². The van der Waals surface area contributed by atoms with Crippen molar-refractivity contribution in [1.82, 2.24) is 20.5 Å². The summed E-state index contributed by atoms with van der Waals surface area (Å²) < 4.78 is 13.9. The van der Waals surface area contributed by atoms with E-state index >= 15 is 0 Å². The number of aromatic amines is 1. The molecule has 0 saturated heterocycles. The molecule has 0 bridgehead atoms. The molecule has 0 saturated carbocycles. The van der Waals surface area contributed by atoms with Gasteiger partial charge in [0.05, 0.1) is 6.04 Å². The summed E-state index contributed by atoms with van der Waals surface area (Å²) in [4.78, 5) is 45.0. The first-order valence-electron chi connectivity index (χ1n) is 12.8. The van der Waals surface area contributed by atoms with E-state index in [2.05, 4.69) is 15.6 Å². The summed E-state index contributed by atoms with van der Waals surface area (Å²) in [6, 6.07) is 19.8. The van der Waals surface area contributed by atoms with E-state index in [1.165, 1.54) is 6.07 Å². The minimum Gasteiger partial charge on any atom is -0.356 e. The molecule has 0 fully saturated rings. The van der Waals surface area contributed by atoms with Gasteiger partial charge in [0.15, 0.2) is 0 Å². The molecule has 3 heterocycles. The molecule has 3 amide bonds. The van der Waals surface area contributed by atoms with Crippen LogP contribution in [0, 0.1) is 5.82 Å². The quantitative estimate of drug-likeness (QED) is 0.370. The standard InChI is InChI=1S/C30H27FN4O3/c1-17(28(36)32-15-14-18-8-2-6-12-23(18)31)33-29(37)25-16-22-19-9-5-7-13-24(19)34-26(22)27-20-10-3-4-11-21(20)30(38)35(25)27/h2-13,17,25,27,34H,14-16H2,1H3,(H,32,36)(H,33,37)/t17-,25-,27+/m0/s1. The Kier molecular flexibility index (Phi) is 5.94. The summed E-state index contributed by atoms with van der Waals surface area (Å²) in [7, 11) is 0. The van der Waals surface area contributed by atoms with Crippen molar-refractivity contribution >= 4 is 28.6 Å². The second-order valence-corrected chi connectivity index (χ2v) is 9.85. The van der Waals surface area contributed by atoms with Crippen LogP contribution in [-0.4, -0.2) is 46.2 Å². The fourth-order valence-electron chi connectivity index (χ4n) is 5.69. The predicted molar refractivity (Wildman–Crippen MR) is 141 cm³/mol. The van der Waals surface area contributed by atoms with Gasteiger partial charge in [-0.05, 0) is 48.2 Å². The first kappa shape index (κ1) is 23.9. The van der Waals surface area contributed by atoms with Crippen molar-refractivity contribution in [3.8, 4) is 0 Å². The number of nitrogens with one attached hydrogen (secondary N) is 3. The summed E-state index contributed by atoms with van der Waals surface area (Å²) in [5.74, 6) is -1.27. The molecule has 3 aromatic carbocycles. The van der Waals surface area contributed by atoms with Crippen LogP contribution in [-0.2, 0) is 22.4 Å². The summed E-state index contributed by atoms with van der Waals surface area (Å²) in [5.41, 5.74) is 4.85. The van der Waals surface area contributed by atoms with Crippen LogP contribution >= 0.6 is 0 Å². The molecule has 0 radical (unpaired) electrons. The molecule has 8 heteroatoms. The fourth-order valence-corrected chi connectivity index (χ4v) is 5.69. The van der Waals surface area contributed by atoms with Gasteiger partial charge in [0.1, 0.15) is 17.9 Å². The van der Waals surface area contributed by atoms with E-state index in [-0.39, 0.29) is 30.1 Å². The summed E-state index contributed by atoms with van der Waals surface area (Å²) in [6.45, 7) is 1.85. The van der Waals surface area contributed by atoms with Gasteiger partial charge in [0.2, 0.25) is 11.8 Å². The Labute approximate surface area is 219 Å². The van der Waals surface area contributed by atoms with Crippen molar-refractivity contribution in [1.29, 1.82) is 0 Å². The summed E-state index contributed by atoms with van der Waals surface area (Å²) in [6.07, 6.45) is 0.677. The smallest absolute Gasteiger partial charge is 0.255 e. The number of para-hydroxylation sites is 1. The number of halogens is 1. The highest BCUT2D eigenvalue weighted by atomic mass is 19.1. The molecule has 6 rings (SSSR count). The number of carbonyl (C=O) groups is 3. The largest absolute Gasteiger partial charge is 0.356 e. The highest BCUT2D eigenvalue weighted by Crippen LogP contribution is 2.46. The monoisotopic (exact) mass is 510 g/mol. The molecule has 2 aliphatic heterocycles. The van der Waals surface area contributed by atoms with E-state index in [4.69, 9.17) is 0 Å². The zero-order chi connectivity index (χ0) is 26.4. The minimum absolute atomic E-state index is 0.197. The lowest BCUT2D eigenvalue weighted by atomic mass is 9.90. The van der Waals surface area contributed by atoms with E-state index in [1.807, 2.05) is 42.5 Å². The lowest BCUT2D eigenvalue weighted by Gasteiger charge is -2.37. The van der Waals surface area contributed by atoms with Crippen LogP contribution in [0.2, 0.25) is 0 Å². The maximum absolute atomic E-state index is 13.9. The molecule has 4 aromatic rings. The lowest BCUT2D eigenvalue weighted by molar-refractivity contribution is -0.131. The second kappa shape index (κ2) is 9.45.